The summed E-state index contributed by atoms with van der Waals surface area (Å²) in [5, 5.41) is 11.1. The van der Waals surface area contributed by atoms with Crippen molar-refractivity contribution in [3.63, 3.8) is 0 Å². The van der Waals surface area contributed by atoms with Gasteiger partial charge in [0.25, 0.3) is 0 Å². The molecule has 2 aromatic carbocycles. The maximum atomic E-state index is 10.5. The second kappa shape index (κ2) is 6.42. The summed E-state index contributed by atoms with van der Waals surface area (Å²) in [6.45, 7) is 2.46. The van der Waals surface area contributed by atoms with E-state index in [4.69, 9.17) is 16.3 Å². The first-order valence-electron chi connectivity index (χ1n) is 5.98. The molecular formula is C15H14BrClO2. The van der Waals surface area contributed by atoms with Crippen LogP contribution < -0.4 is 4.74 Å². The average molecular weight is 342 g/mol. The summed E-state index contributed by atoms with van der Waals surface area (Å²) in [4.78, 5) is 0. The molecule has 0 saturated heterocycles. The Morgan fingerprint density at radius 1 is 1.21 bits per heavy atom. The third-order valence-electron chi connectivity index (χ3n) is 2.77. The van der Waals surface area contributed by atoms with Gasteiger partial charge >= 0.3 is 0 Å². The van der Waals surface area contributed by atoms with Crippen LogP contribution in [-0.2, 0) is 0 Å². The molecular weight excluding hydrogens is 328 g/mol. The Morgan fingerprint density at radius 2 is 1.95 bits per heavy atom. The minimum Gasteiger partial charge on any atom is -0.493 e. The van der Waals surface area contributed by atoms with Crippen molar-refractivity contribution < 1.29 is 9.84 Å². The normalized spacial score (nSPS) is 12.2. The highest BCUT2D eigenvalue weighted by atomic mass is 79.9. The predicted octanol–water partition coefficient (Wildman–Crippen LogP) is 4.58. The van der Waals surface area contributed by atoms with Gasteiger partial charge in [0.05, 0.1) is 6.61 Å². The van der Waals surface area contributed by atoms with Crippen molar-refractivity contribution >= 4 is 27.5 Å². The summed E-state index contributed by atoms with van der Waals surface area (Å²) in [5.74, 6) is 0.665. The lowest BCUT2D eigenvalue weighted by Crippen LogP contribution is -2.04. The third-order valence-corrected chi connectivity index (χ3v) is 3.60. The SMILES string of the molecule is CCOc1ccc(Br)cc1C(O)c1ccccc1Cl. The van der Waals surface area contributed by atoms with Gasteiger partial charge in [0, 0.05) is 20.6 Å². The van der Waals surface area contributed by atoms with Gasteiger partial charge in [-0.05, 0) is 31.2 Å². The molecule has 0 spiro atoms. The number of ether oxygens (including phenoxy) is 1. The van der Waals surface area contributed by atoms with Gasteiger partial charge in [-0.3, -0.25) is 0 Å². The highest BCUT2D eigenvalue weighted by Crippen LogP contribution is 2.35. The van der Waals surface area contributed by atoms with E-state index in [9.17, 15) is 5.11 Å². The lowest BCUT2D eigenvalue weighted by atomic mass is 10.0. The van der Waals surface area contributed by atoms with Crippen molar-refractivity contribution in [2.45, 2.75) is 13.0 Å². The first kappa shape index (κ1) is 14.4. The molecule has 0 aliphatic carbocycles. The van der Waals surface area contributed by atoms with E-state index in [-0.39, 0.29) is 0 Å². The van der Waals surface area contributed by atoms with E-state index in [1.807, 2.05) is 43.3 Å². The number of aliphatic hydroxyl groups is 1. The summed E-state index contributed by atoms with van der Waals surface area (Å²) in [7, 11) is 0. The third kappa shape index (κ3) is 3.30. The van der Waals surface area contributed by atoms with Crippen molar-refractivity contribution in [2.75, 3.05) is 6.61 Å². The molecule has 19 heavy (non-hydrogen) atoms. The Kier molecular flexibility index (Phi) is 4.86. The van der Waals surface area contributed by atoms with Crippen molar-refractivity contribution in [3.8, 4) is 5.75 Å². The van der Waals surface area contributed by atoms with Crippen LogP contribution in [0.2, 0.25) is 5.02 Å². The first-order valence-corrected chi connectivity index (χ1v) is 7.15. The summed E-state index contributed by atoms with van der Waals surface area (Å²) < 4.78 is 6.44. The molecule has 0 bridgehead atoms. The molecule has 0 heterocycles. The molecule has 2 aromatic rings. The molecule has 2 rings (SSSR count). The molecule has 4 heteroatoms. The molecule has 1 atom stereocenters. The van der Waals surface area contributed by atoms with Crippen LogP contribution in [0.25, 0.3) is 0 Å². The van der Waals surface area contributed by atoms with Gasteiger partial charge in [-0.25, -0.2) is 0 Å². The van der Waals surface area contributed by atoms with Crippen LogP contribution in [0.3, 0.4) is 0 Å². The Morgan fingerprint density at radius 3 is 2.63 bits per heavy atom. The largest absolute Gasteiger partial charge is 0.493 e. The fraction of sp³-hybridized carbons (Fsp3) is 0.200. The number of benzene rings is 2. The second-order valence-electron chi connectivity index (χ2n) is 4.04. The summed E-state index contributed by atoms with van der Waals surface area (Å²) in [6, 6.07) is 12.8. The maximum Gasteiger partial charge on any atom is 0.125 e. The topological polar surface area (TPSA) is 29.5 Å². The van der Waals surface area contributed by atoms with E-state index in [0.717, 1.165) is 4.47 Å². The van der Waals surface area contributed by atoms with E-state index in [0.29, 0.717) is 28.5 Å². The summed E-state index contributed by atoms with van der Waals surface area (Å²) in [5.41, 5.74) is 1.37. The van der Waals surface area contributed by atoms with Crippen LogP contribution in [0.5, 0.6) is 5.75 Å². The molecule has 0 aliphatic heterocycles. The van der Waals surface area contributed by atoms with Crippen LogP contribution >= 0.6 is 27.5 Å². The van der Waals surface area contributed by atoms with Crippen molar-refractivity contribution in [1.29, 1.82) is 0 Å². The van der Waals surface area contributed by atoms with Gasteiger partial charge < -0.3 is 9.84 Å². The summed E-state index contributed by atoms with van der Waals surface area (Å²) in [6.07, 6.45) is -0.812. The van der Waals surface area contributed by atoms with Crippen LogP contribution in [0.1, 0.15) is 24.2 Å². The molecule has 2 nitrogen and oxygen atoms in total. The zero-order chi connectivity index (χ0) is 13.8. The van der Waals surface area contributed by atoms with Crippen LogP contribution in [0.4, 0.5) is 0 Å². The highest BCUT2D eigenvalue weighted by Gasteiger charge is 2.18. The smallest absolute Gasteiger partial charge is 0.125 e. The molecule has 0 aromatic heterocycles. The quantitative estimate of drug-likeness (QED) is 0.882. The molecule has 0 radical (unpaired) electrons. The molecule has 1 unspecified atom stereocenters. The van der Waals surface area contributed by atoms with Gasteiger partial charge in [0.1, 0.15) is 11.9 Å². The van der Waals surface area contributed by atoms with E-state index in [1.165, 1.54) is 0 Å². The van der Waals surface area contributed by atoms with E-state index >= 15 is 0 Å². The summed E-state index contributed by atoms with van der Waals surface area (Å²) >= 11 is 9.53. The van der Waals surface area contributed by atoms with Crippen molar-refractivity contribution in [2.24, 2.45) is 0 Å². The number of hydrogen-bond acceptors (Lipinski definition) is 2. The van der Waals surface area contributed by atoms with Gasteiger partial charge in [0.2, 0.25) is 0 Å². The van der Waals surface area contributed by atoms with E-state index in [1.54, 1.807) is 6.07 Å². The second-order valence-corrected chi connectivity index (χ2v) is 5.36. The number of aliphatic hydroxyl groups excluding tert-OH is 1. The molecule has 0 fully saturated rings. The number of hydrogen-bond donors (Lipinski definition) is 1. The van der Waals surface area contributed by atoms with E-state index in [2.05, 4.69) is 15.9 Å². The van der Waals surface area contributed by atoms with Gasteiger partial charge in [-0.15, -0.1) is 0 Å². The zero-order valence-corrected chi connectivity index (χ0v) is 12.8. The van der Waals surface area contributed by atoms with Gasteiger partial charge in [-0.1, -0.05) is 45.7 Å². The average Bonchev–Trinajstić information content (AvgIpc) is 2.41. The Hall–Kier alpha value is -1.03. The van der Waals surface area contributed by atoms with E-state index < -0.39 is 6.10 Å². The first-order chi connectivity index (χ1) is 9.13. The zero-order valence-electron chi connectivity index (χ0n) is 10.4. The lowest BCUT2D eigenvalue weighted by Gasteiger charge is -2.17. The maximum absolute atomic E-state index is 10.5. The molecule has 0 amide bonds. The molecule has 100 valence electrons. The lowest BCUT2D eigenvalue weighted by molar-refractivity contribution is 0.212. The predicted molar refractivity (Wildman–Crippen MR) is 80.8 cm³/mol. The van der Waals surface area contributed by atoms with Crippen LogP contribution in [0.15, 0.2) is 46.9 Å². The Balaban J connectivity index is 2.45. The number of halogens is 2. The minimum absolute atomic E-state index is 0.539. The monoisotopic (exact) mass is 340 g/mol. The standard InChI is InChI=1S/C15H14BrClO2/c1-2-19-14-8-7-10(16)9-12(14)15(18)11-5-3-4-6-13(11)17/h3-9,15,18H,2H2,1H3. The molecule has 0 saturated carbocycles. The van der Waals surface area contributed by atoms with Gasteiger partial charge in [-0.2, -0.15) is 0 Å². The van der Waals surface area contributed by atoms with Crippen molar-refractivity contribution in [3.05, 3.63) is 63.1 Å². The van der Waals surface area contributed by atoms with Crippen molar-refractivity contribution in [1.82, 2.24) is 0 Å². The fourth-order valence-corrected chi connectivity index (χ4v) is 2.50. The van der Waals surface area contributed by atoms with Crippen LogP contribution in [-0.4, -0.2) is 11.7 Å². The highest BCUT2D eigenvalue weighted by molar-refractivity contribution is 9.10. The number of rotatable bonds is 4. The molecule has 0 aliphatic rings. The molecule has 1 N–H and O–H groups in total. The van der Waals surface area contributed by atoms with Gasteiger partial charge in [0.15, 0.2) is 0 Å². The Bertz CT molecular complexity index is 572. The fourth-order valence-electron chi connectivity index (χ4n) is 1.88. The van der Waals surface area contributed by atoms with Crippen LogP contribution in [0, 0.1) is 0 Å². The minimum atomic E-state index is -0.812. The Labute approximate surface area is 126 Å².